The molecule has 0 fully saturated rings. The zero-order valence-electron chi connectivity index (χ0n) is 14.0. The third-order valence-electron chi connectivity index (χ3n) is 4.05. The number of benzene rings is 1. The highest BCUT2D eigenvalue weighted by Crippen LogP contribution is 2.21. The first-order chi connectivity index (χ1) is 11.4. The van der Waals surface area contributed by atoms with Gasteiger partial charge in [-0.25, -0.2) is 4.98 Å². The van der Waals surface area contributed by atoms with Crippen LogP contribution in [0.3, 0.4) is 0 Å². The average molecular weight is 342 g/mol. The topological polar surface area (TPSA) is 37.6 Å². The number of aromatic nitrogens is 2. The van der Waals surface area contributed by atoms with E-state index in [0.717, 1.165) is 11.4 Å². The van der Waals surface area contributed by atoms with Crippen LogP contribution in [-0.2, 0) is 6.54 Å². The van der Waals surface area contributed by atoms with Crippen LogP contribution >= 0.6 is 11.6 Å². The molecule has 0 spiro atoms. The standard InChI is InChI=1S/C19H20ClN3O/c1-13(2)14-5-4-6-17(9-14)22(3)12-16-10-19(24)23-11-15(20)7-8-18(23)21-16/h4-11,13H,12H2,1-3H3. The molecule has 0 saturated heterocycles. The molecule has 24 heavy (non-hydrogen) atoms. The molecule has 2 heterocycles. The van der Waals surface area contributed by atoms with Gasteiger partial charge in [-0.05, 0) is 35.7 Å². The predicted molar refractivity (Wildman–Crippen MR) is 99.1 cm³/mol. The Kier molecular flexibility index (Phi) is 4.58. The van der Waals surface area contributed by atoms with Crippen LogP contribution in [-0.4, -0.2) is 16.4 Å². The predicted octanol–water partition coefficient (Wildman–Crippen LogP) is 4.11. The van der Waals surface area contributed by atoms with Crippen molar-refractivity contribution in [2.75, 3.05) is 11.9 Å². The van der Waals surface area contributed by atoms with Gasteiger partial charge in [-0.2, -0.15) is 0 Å². The second-order valence-electron chi connectivity index (χ2n) is 6.27. The third-order valence-corrected chi connectivity index (χ3v) is 4.28. The van der Waals surface area contributed by atoms with Gasteiger partial charge in [-0.15, -0.1) is 0 Å². The zero-order chi connectivity index (χ0) is 17.3. The van der Waals surface area contributed by atoms with E-state index in [-0.39, 0.29) is 5.56 Å². The minimum absolute atomic E-state index is 0.123. The van der Waals surface area contributed by atoms with Crippen LogP contribution < -0.4 is 10.5 Å². The van der Waals surface area contributed by atoms with Crippen LogP contribution in [0.25, 0.3) is 5.65 Å². The Morgan fingerprint density at radius 1 is 1.21 bits per heavy atom. The molecule has 0 aliphatic heterocycles. The number of hydrogen-bond acceptors (Lipinski definition) is 3. The molecule has 0 aliphatic carbocycles. The summed E-state index contributed by atoms with van der Waals surface area (Å²) in [5.74, 6) is 0.478. The van der Waals surface area contributed by atoms with Crippen molar-refractivity contribution in [2.45, 2.75) is 26.3 Å². The van der Waals surface area contributed by atoms with E-state index in [4.69, 9.17) is 11.6 Å². The highest BCUT2D eigenvalue weighted by Gasteiger charge is 2.08. The molecule has 3 rings (SSSR count). The van der Waals surface area contributed by atoms with Crippen molar-refractivity contribution in [3.63, 3.8) is 0 Å². The summed E-state index contributed by atoms with van der Waals surface area (Å²) in [5, 5.41) is 0.516. The molecule has 1 aromatic carbocycles. The Bertz CT molecular complexity index is 933. The summed E-state index contributed by atoms with van der Waals surface area (Å²) in [4.78, 5) is 18.9. The maximum absolute atomic E-state index is 12.3. The lowest BCUT2D eigenvalue weighted by Crippen LogP contribution is -2.21. The van der Waals surface area contributed by atoms with Crippen molar-refractivity contribution in [3.05, 3.63) is 75.3 Å². The van der Waals surface area contributed by atoms with E-state index in [1.807, 2.05) is 7.05 Å². The first-order valence-corrected chi connectivity index (χ1v) is 8.31. The van der Waals surface area contributed by atoms with E-state index in [2.05, 4.69) is 48.0 Å². The number of halogens is 1. The fourth-order valence-electron chi connectivity index (χ4n) is 2.66. The summed E-state index contributed by atoms with van der Waals surface area (Å²) in [6.07, 6.45) is 1.59. The van der Waals surface area contributed by atoms with E-state index >= 15 is 0 Å². The van der Waals surface area contributed by atoms with Crippen LogP contribution in [0.15, 0.2) is 53.5 Å². The number of hydrogen-bond donors (Lipinski definition) is 0. The van der Waals surface area contributed by atoms with Gasteiger partial charge in [0, 0.05) is 25.0 Å². The number of nitrogens with zero attached hydrogens (tertiary/aromatic N) is 3. The second kappa shape index (κ2) is 6.65. The van der Waals surface area contributed by atoms with Gasteiger partial charge >= 0.3 is 0 Å². The monoisotopic (exact) mass is 341 g/mol. The van der Waals surface area contributed by atoms with Crippen molar-refractivity contribution in [2.24, 2.45) is 0 Å². The highest BCUT2D eigenvalue weighted by atomic mass is 35.5. The molecule has 0 radical (unpaired) electrons. The van der Waals surface area contributed by atoms with Gasteiger partial charge in [-0.1, -0.05) is 37.6 Å². The smallest absolute Gasteiger partial charge is 0.258 e. The molecule has 0 aliphatic rings. The van der Waals surface area contributed by atoms with E-state index in [1.54, 1.807) is 24.4 Å². The van der Waals surface area contributed by atoms with Crippen LogP contribution in [0.4, 0.5) is 5.69 Å². The van der Waals surface area contributed by atoms with Crippen molar-refractivity contribution < 1.29 is 0 Å². The molecule has 3 aromatic rings. The molecule has 0 amide bonds. The average Bonchev–Trinajstić information content (AvgIpc) is 2.55. The molecular formula is C19H20ClN3O. The maximum atomic E-state index is 12.3. The summed E-state index contributed by atoms with van der Waals surface area (Å²) < 4.78 is 1.46. The highest BCUT2D eigenvalue weighted by molar-refractivity contribution is 6.30. The summed E-state index contributed by atoms with van der Waals surface area (Å²) in [7, 11) is 2.00. The minimum atomic E-state index is -0.123. The quantitative estimate of drug-likeness (QED) is 0.716. The number of rotatable bonds is 4. The van der Waals surface area contributed by atoms with Gasteiger partial charge < -0.3 is 4.90 Å². The van der Waals surface area contributed by atoms with Crippen molar-refractivity contribution in [3.8, 4) is 0 Å². The maximum Gasteiger partial charge on any atom is 0.258 e. The van der Waals surface area contributed by atoms with Gasteiger partial charge in [0.05, 0.1) is 17.3 Å². The zero-order valence-corrected chi connectivity index (χ0v) is 14.8. The lowest BCUT2D eigenvalue weighted by atomic mass is 10.0. The SMILES string of the molecule is CC(C)c1cccc(N(C)Cc2cc(=O)n3cc(Cl)ccc3n2)c1. The minimum Gasteiger partial charge on any atom is -0.369 e. The normalized spacial score (nSPS) is 11.2. The molecule has 2 aromatic heterocycles. The second-order valence-corrected chi connectivity index (χ2v) is 6.70. The third kappa shape index (κ3) is 3.44. The number of anilines is 1. The molecule has 0 N–H and O–H groups in total. The fourth-order valence-corrected chi connectivity index (χ4v) is 2.82. The van der Waals surface area contributed by atoms with Crippen molar-refractivity contribution >= 4 is 22.9 Å². The molecule has 0 atom stereocenters. The Hall–Kier alpha value is -2.33. The number of pyridine rings is 1. The van der Waals surface area contributed by atoms with Crippen molar-refractivity contribution in [1.82, 2.24) is 9.38 Å². The summed E-state index contributed by atoms with van der Waals surface area (Å²) in [5.41, 5.74) is 3.62. The van der Waals surface area contributed by atoms with Crippen LogP contribution in [0.1, 0.15) is 31.0 Å². The van der Waals surface area contributed by atoms with Crippen LogP contribution in [0, 0.1) is 0 Å². The Labute approximate surface area is 146 Å². The summed E-state index contributed by atoms with van der Waals surface area (Å²) in [6.45, 7) is 4.92. The molecule has 0 bridgehead atoms. The Morgan fingerprint density at radius 3 is 2.75 bits per heavy atom. The Morgan fingerprint density at radius 2 is 2.00 bits per heavy atom. The summed E-state index contributed by atoms with van der Waals surface area (Å²) in [6, 6.07) is 13.5. The van der Waals surface area contributed by atoms with Crippen LogP contribution in [0.5, 0.6) is 0 Å². The molecule has 0 saturated carbocycles. The summed E-state index contributed by atoms with van der Waals surface area (Å²) >= 11 is 5.94. The Balaban J connectivity index is 1.90. The number of fused-ring (bicyclic) bond motifs is 1. The molecule has 4 nitrogen and oxygen atoms in total. The first kappa shape index (κ1) is 16.5. The van der Waals surface area contributed by atoms with E-state index in [0.29, 0.717) is 23.1 Å². The van der Waals surface area contributed by atoms with E-state index < -0.39 is 0 Å². The van der Waals surface area contributed by atoms with Gasteiger partial charge in [0.15, 0.2) is 0 Å². The lowest BCUT2D eigenvalue weighted by Gasteiger charge is -2.20. The van der Waals surface area contributed by atoms with Gasteiger partial charge in [0.2, 0.25) is 0 Å². The molecular weight excluding hydrogens is 322 g/mol. The first-order valence-electron chi connectivity index (χ1n) is 7.93. The molecule has 124 valence electrons. The van der Waals surface area contributed by atoms with Crippen LogP contribution in [0.2, 0.25) is 5.02 Å². The lowest BCUT2D eigenvalue weighted by molar-refractivity contribution is 0.849. The van der Waals surface area contributed by atoms with E-state index in [9.17, 15) is 4.79 Å². The molecule has 5 heteroatoms. The van der Waals surface area contributed by atoms with Crippen molar-refractivity contribution in [1.29, 1.82) is 0 Å². The fraction of sp³-hybridized carbons (Fsp3) is 0.263. The van der Waals surface area contributed by atoms with E-state index in [1.165, 1.54) is 9.96 Å². The van der Waals surface area contributed by atoms with Gasteiger partial charge in [0.25, 0.3) is 5.56 Å². The molecule has 0 unspecified atom stereocenters. The van der Waals surface area contributed by atoms with Gasteiger partial charge in [0.1, 0.15) is 5.65 Å². The van der Waals surface area contributed by atoms with Gasteiger partial charge in [-0.3, -0.25) is 9.20 Å². The largest absolute Gasteiger partial charge is 0.369 e.